The fourth-order valence-electron chi connectivity index (χ4n) is 1.82. The molecule has 0 heterocycles. The molecule has 1 aromatic rings. The number of nitrogens with one attached hydrogen (secondary N) is 1. The molecule has 0 spiro atoms. The van der Waals surface area contributed by atoms with Crippen molar-refractivity contribution >= 4 is 23.8 Å². The SMILES string of the molecule is CC(C)(C)OC(=O)C(CSC[C@H](O)CO)NC(=O)OCc1ccccc1. The molecule has 146 valence electrons. The van der Waals surface area contributed by atoms with Crippen LogP contribution in [-0.2, 0) is 20.9 Å². The summed E-state index contributed by atoms with van der Waals surface area (Å²) in [6, 6.07) is 8.26. The van der Waals surface area contributed by atoms with Crippen LogP contribution in [0, 0.1) is 0 Å². The van der Waals surface area contributed by atoms with E-state index in [1.165, 1.54) is 11.8 Å². The highest BCUT2D eigenvalue weighted by Crippen LogP contribution is 2.12. The smallest absolute Gasteiger partial charge is 0.408 e. The van der Waals surface area contributed by atoms with E-state index >= 15 is 0 Å². The lowest BCUT2D eigenvalue weighted by Crippen LogP contribution is -2.46. The van der Waals surface area contributed by atoms with Crippen molar-refractivity contribution in [3.63, 3.8) is 0 Å². The Hall–Kier alpha value is -1.77. The van der Waals surface area contributed by atoms with Crippen LogP contribution in [0.4, 0.5) is 4.79 Å². The number of aliphatic hydroxyl groups excluding tert-OH is 2. The first-order valence-corrected chi connectivity index (χ1v) is 9.43. The number of carbonyl (C=O) groups excluding carboxylic acids is 2. The Bertz CT molecular complexity index is 561. The molecule has 26 heavy (non-hydrogen) atoms. The minimum atomic E-state index is -0.923. The van der Waals surface area contributed by atoms with Gasteiger partial charge in [0.2, 0.25) is 0 Å². The molecule has 1 unspecified atom stereocenters. The van der Waals surface area contributed by atoms with Crippen LogP contribution in [0.15, 0.2) is 30.3 Å². The maximum Gasteiger partial charge on any atom is 0.408 e. The Morgan fingerprint density at radius 2 is 1.85 bits per heavy atom. The van der Waals surface area contributed by atoms with Gasteiger partial charge in [0.15, 0.2) is 0 Å². The Morgan fingerprint density at radius 1 is 1.19 bits per heavy atom. The highest BCUT2D eigenvalue weighted by molar-refractivity contribution is 7.99. The van der Waals surface area contributed by atoms with Gasteiger partial charge in [0.25, 0.3) is 0 Å². The van der Waals surface area contributed by atoms with Crippen molar-refractivity contribution < 1.29 is 29.3 Å². The van der Waals surface area contributed by atoms with Gasteiger partial charge in [-0.25, -0.2) is 9.59 Å². The maximum absolute atomic E-state index is 12.3. The summed E-state index contributed by atoms with van der Waals surface area (Å²) in [5.41, 5.74) is 0.136. The summed E-state index contributed by atoms with van der Waals surface area (Å²) < 4.78 is 10.4. The first kappa shape index (κ1) is 22.3. The molecule has 0 aliphatic carbocycles. The molecule has 1 amide bonds. The molecule has 0 aliphatic rings. The number of thioether (sulfide) groups is 1. The van der Waals surface area contributed by atoms with E-state index in [1.807, 2.05) is 30.3 Å². The Morgan fingerprint density at radius 3 is 2.42 bits per heavy atom. The van der Waals surface area contributed by atoms with Gasteiger partial charge in [-0.2, -0.15) is 11.8 Å². The van der Waals surface area contributed by atoms with Gasteiger partial charge in [-0.3, -0.25) is 0 Å². The van der Waals surface area contributed by atoms with E-state index < -0.39 is 29.8 Å². The topological polar surface area (TPSA) is 105 Å². The third-order valence-corrected chi connectivity index (χ3v) is 4.19. The van der Waals surface area contributed by atoms with Crippen LogP contribution in [0.5, 0.6) is 0 Å². The number of hydrogen-bond donors (Lipinski definition) is 3. The van der Waals surface area contributed by atoms with Crippen molar-refractivity contribution in [2.24, 2.45) is 0 Å². The van der Waals surface area contributed by atoms with E-state index in [-0.39, 0.29) is 24.7 Å². The molecule has 8 heteroatoms. The van der Waals surface area contributed by atoms with Crippen LogP contribution in [0.3, 0.4) is 0 Å². The number of rotatable bonds is 9. The third-order valence-electron chi connectivity index (χ3n) is 3.00. The van der Waals surface area contributed by atoms with Gasteiger partial charge in [0.1, 0.15) is 18.2 Å². The van der Waals surface area contributed by atoms with E-state index in [9.17, 15) is 14.7 Å². The van der Waals surface area contributed by atoms with Crippen molar-refractivity contribution in [2.75, 3.05) is 18.1 Å². The summed E-state index contributed by atoms with van der Waals surface area (Å²) in [7, 11) is 0. The standard InChI is InChI=1S/C18H27NO6S/c1-18(2,3)25-16(22)15(12-26-11-14(21)9-20)19-17(23)24-10-13-7-5-4-6-8-13/h4-8,14-15,20-21H,9-12H2,1-3H3,(H,19,23)/t14-,15?/m1/s1. The fraction of sp³-hybridized carbons (Fsp3) is 0.556. The van der Waals surface area contributed by atoms with Crippen LogP contribution in [0.1, 0.15) is 26.3 Å². The second-order valence-electron chi connectivity index (χ2n) is 6.67. The molecule has 3 N–H and O–H groups in total. The largest absolute Gasteiger partial charge is 0.458 e. The van der Waals surface area contributed by atoms with Crippen LogP contribution >= 0.6 is 11.8 Å². The van der Waals surface area contributed by atoms with Crippen LogP contribution in [0.2, 0.25) is 0 Å². The number of alkyl carbamates (subject to hydrolysis) is 1. The highest BCUT2D eigenvalue weighted by Gasteiger charge is 2.27. The van der Waals surface area contributed by atoms with Gasteiger partial charge in [-0.1, -0.05) is 30.3 Å². The summed E-state index contributed by atoms with van der Waals surface area (Å²) in [4.78, 5) is 24.3. The normalized spacial score (nSPS) is 13.6. The molecule has 0 aromatic heterocycles. The second kappa shape index (κ2) is 11.1. The summed E-state index contributed by atoms with van der Waals surface area (Å²) in [5.74, 6) is -0.164. The summed E-state index contributed by atoms with van der Waals surface area (Å²) in [6.07, 6.45) is -1.61. The Kier molecular flexibility index (Phi) is 9.47. The van der Waals surface area contributed by atoms with E-state index in [1.54, 1.807) is 20.8 Å². The molecule has 0 bridgehead atoms. The van der Waals surface area contributed by atoms with Gasteiger partial charge in [-0.15, -0.1) is 0 Å². The average Bonchev–Trinajstić information content (AvgIpc) is 2.58. The zero-order chi connectivity index (χ0) is 19.6. The predicted octanol–water partition coefficient (Wildman–Crippen LogP) is 1.71. The van der Waals surface area contributed by atoms with E-state index in [0.717, 1.165) is 5.56 Å². The summed E-state index contributed by atoms with van der Waals surface area (Å²) in [5, 5.41) is 20.7. The Labute approximate surface area is 158 Å². The van der Waals surface area contributed by atoms with E-state index in [4.69, 9.17) is 14.6 Å². The summed E-state index contributed by atoms with van der Waals surface area (Å²) in [6.45, 7) is 4.93. The molecular formula is C18H27NO6S. The molecule has 0 fully saturated rings. The highest BCUT2D eigenvalue weighted by atomic mass is 32.2. The van der Waals surface area contributed by atoms with Crippen molar-refractivity contribution in [3.05, 3.63) is 35.9 Å². The molecule has 1 aromatic carbocycles. The molecule has 0 aliphatic heterocycles. The number of ether oxygens (including phenoxy) is 2. The molecular weight excluding hydrogens is 358 g/mol. The number of amides is 1. The van der Waals surface area contributed by atoms with Crippen LogP contribution in [0.25, 0.3) is 0 Å². The molecule has 2 atom stereocenters. The quantitative estimate of drug-likeness (QED) is 0.556. The minimum Gasteiger partial charge on any atom is -0.458 e. The Balaban J connectivity index is 2.58. The molecule has 7 nitrogen and oxygen atoms in total. The second-order valence-corrected chi connectivity index (χ2v) is 7.74. The van der Waals surface area contributed by atoms with E-state index in [2.05, 4.69) is 5.32 Å². The first-order valence-electron chi connectivity index (χ1n) is 8.28. The van der Waals surface area contributed by atoms with Crippen molar-refractivity contribution in [1.29, 1.82) is 0 Å². The molecule has 0 saturated heterocycles. The lowest BCUT2D eigenvalue weighted by molar-refractivity contribution is -0.156. The monoisotopic (exact) mass is 385 g/mol. The first-order chi connectivity index (χ1) is 12.2. The fourth-order valence-corrected chi connectivity index (χ4v) is 2.79. The number of carbonyl (C=O) groups is 2. The lowest BCUT2D eigenvalue weighted by Gasteiger charge is -2.24. The minimum absolute atomic E-state index is 0.0874. The zero-order valence-corrected chi connectivity index (χ0v) is 16.1. The number of esters is 1. The van der Waals surface area contributed by atoms with Gasteiger partial charge in [0, 0.05) is 11.5 Å². The number of aliphatic hydroxyl groups is 2. The number of benzene rings is 1. The zero-order valence-electron chi connectivity index (χ0n) is 15.3. The summed E-state index contributed by atoms with van der Waals surface area (Å²) >= 11 is 1.22. The molecule has 0 saturated carbocycles. The number of hydrogen-bond acceptors (Lipinski definition) is 7. The van der Waals surface area contributed by atoms with Gasteiger partial charge >= 0.3 is 12.1 Å². The maximum atomic E-state index is 12.3. The van der Waals surface area contributed by atoms with Gasteiger partial charge in [0.05, 0.1) is 12.7 Å². The van der Waals surface area contributed by atoms with Gasteiger partial charge in [-0.05, 0) is 26.3 Å². The van der Waals surface area contributed by atoms with Crippen LogP contribution in [-0.4, -0.2) is 58.1 Å². The van der Waals surface area contributed by atoms with E-state index in [0.29, 0.717) is 0 Å². The average molecular weight is 385 g/mol. The van der Waals surface area contributed by atoms with Crippen LogP contribution < -0.4 is 5.32 Å². The lowest BCUT2D eigenvalue weighted by atomic mass is 10.2. The van der Waals surface area contributed by atoms with Crippen molar-refractivity contribution in [2.45, 2.75) is 45.1 Å². The van der Waals surface area contributed by atoms with Crippen molar-refractivity contribution in [3.8, 4) is 0 Å². The molecule has 0 radical (unpaired) electrons. The third kappa shape index (κ3) is 9.65. The van der Waals surface area contributed by atoms with Crippen molar-refractivity contribution in [1.82, 2.24) is 5.32 Å². The molecule has 1 rings (SSSR count). The predicted molar refractivity (Wildman–Crippen MR) is 99.8 cm³/mol. The van der Waals surface area contributed by atoms with Gasteiger partial charge < -0.3 is 25.0 Å².